The molecule has 0 aromatic heterocycles. The molecule has 0 saturated heterocycles. The monoisotopic (exact) mass is 274 g/mol. The molecule has 1 aliphatic carbocycles. The van der Waals surface area contributed by atoms with Gasteiger partial charge in [-0.25, -0.2) is 0 Å². The molecular formula is C17H26N2O. The van der Waals surface area contributed by atoms with Crippen LogP contribution >= 0.6 is 0 Å². The number of carbonyl (C=O) groups is 1. The maximum Gasteiger partial charge on any atom is 0.221 e. The minimum absolute atomic E-state index is 0.0242. The van der Waals surface area contributed by atoms with E-state index in [0.29, 0.717) is 12.1 Å². The molecule has 3 atom stereocenters. The summed E-state index contributed by atoms with van der Waals surface area (Å²) in [6.07, 6.45) is 5.25. The highest BCUT2D eigenvalue weighted by Crippen LogP contribution is 2.26. The number of rotatable bonds is 4. The van der Waals surface area contributed by atoms with Crippen LogP contribution in [0.3, 0.4) is 0 Å². The molecule has 1 fully saturated rings. The van der Waals surface area contributed by atoms with Gasteiger partial charge in [-0.1, -0.05) is 31.9 Å². The highest BCUT2D eigenvalue weighted by atomic mass is 16.1. The Balaban J connectivity index is 1.97. The van der Waals surface area contributed by atoms with Gasteiger partial charge in [0.15, 0.2) is 0 Å². The second-order valence-corrected chi connectivity index (χ2v) is 6.16. The Kier molecular flexibility index (Phi) is 5.18. The van der Waals surface area contributed by atoms with E-state index in [-0.39, 0.29) is 5.91 Å². The third-order valence-electron chi connectivity index (χ3n) is 4.13. The number of carbonyl (C=O) groups excluding carboxylic acids is 1. The average Bonchev–Trinajstić information content (AvgIpc) is 2.38. The molecule has 0 aliphatic heterocycles. The van der Waals surface area contributed by atoms with Crippen molar-refractivity contribution >= 4 is 11.6 Å². The molecule has 3 unspecified atom stereocenters. The molecule has 20 heavy (non-hydrogen) atoms. The molecule has 110 valence electrons. The fourth-order valence-corrected chi connectivity index (χ4v) is 3.12. The summed E-state index contributed by atoms with van der Waals surface area (Å²) in [5, 5.41) is 6.58. The van der Waals surface area contributed by atoms with E-state index in [2.05, 4.69) is 36.6 Å². The molecule has 0 radical (unpaired) electrons. The van der Waals surface area contributed by atoms with E-state index in [9.17, 15) is 4.79 Å². The predicted molar refractivity (Wildman–Crippen MR) is 83.7 cm³/mol. The molecule has 0 bridgehead atoms. The molecule has 2 N–H and O–H groups in total. The fourth-order valence-electron chi connectivity index (χ4n) is 3.12. The lowest BCUT2D eigenvalue weighted by Gasteiger charge is -2.30. The van der Waals surface area contributed by atoms with Crippen LogP contribution in [-0.2, 0) is 4.79 Å². The quantitative estimate of drug-likeness (QED) is 0.875. The number of amides is 1. The van der Waals surface area contributed by atoms with Gasteiger partial charge in [-0.3, -0.25) is 4.79 Å². The summed E-state index contributed by atoms with van der Waals surface area (Å²) < 4.78 is 0. The minimum Gasteiger partial charge on any atom is -0.326 e. The van der Waals surface area contributed by atoms with E-state index in [1.165, 1.54) is 38.2 Å². The number of hydrogen-bond acceptors (Lipinski definition) is 2. The second kappa shape index (κ2) is 6.89. The summed E-state index contributed by atoms with van der Waals surface area (Å²) >= 11 is 0. The maximum absolute atomic E-state index is 11.1. The Morgan fingerprint density at radius 2 is 2.15 bits per heavy atom. The summed E-state index contributed by atoms with van der Waals surface area (Å²) in [7, 11) is 0. The van der Waals surface area contributed by atoms with E-state index >= 15 is 0 Å². The molecule has 1 aromatic carbocycles. The lowest BCUT2D eigenvalue weighted by Crippen LogP contribution is -2.35. The van der Waals surface area contributed by atoms with E-state index in [1.54, 1.807) is 0 Å². The zero-order valence-corrected chi connectivity index (χ0v) is 12.8. The van der Waals surface area contributed by atoms with Gasteiger partial charge in [-0.15, -0.1) is 0 Å². The molecule has 3 heteroatoms. The Morgan fingerprint density at radius 3 is 2.85 bits per heavy atom. The van der Waals surface area contributed by atoms with Gasteiger partial charge in [0.05, 0.1) is 0 Å². The largest absolute Gasteiger partial charge is 0.326 e. The Morgan fingerprint density at radius 1 is 1.35 bits per heavy atom. The summed E-state index contributed by atoms with van der Waals surface area (Å²) in [6, 6.07) is 9.06. The summed E-state index contributed by atoms with van der Waals surface area (Å²) in [4.78, 5) is 11.1. The molecule has 1 saturated carbocycles. The van der Waals surface area contributed by atoms with E-state index in [4.69, 9.17) is 0 Å². The molecule has 0 heterocycles. The number of hydrogen-bond donors (Lipinski definition) is 2. The molecule has 1 aromatic rings. The third kappa shape index (κ3) is 4.34. The zero-order valence-electron chi connectivity index (χ0n) is 12.8. The van der Waals surface area contributed by atoms with E-state index in [1.807, 2.05) is 12.1 Å². The van der Waals surface area contributed by atoms with Crippen molar-refractivity contribution in [2.24, 2.45) is 5.92 Å². The predicted octanol–water partition coefficient (Wildman–Crippen LogP) is 3.87. The van der Waals surface area contributed by atoms with Crippen LogP contribution in [0.1, 0.15) is 58.1 Å². The van der Waals surface area contributed by atoms with Crippen molar-refractivity contribution in [2.45, 2.75) is 58.5 Å². The fraction of sp³-hybridized carbons (Fsp3) is 0.588. The van der Waals surface area contributed by atoms with Crippen molar-refractivity contribution in [3.8, 4) is 0 Å². The van der Waals surface area contributed by atoms with Crippen LogP contribution in [0.25, 0.3) is 0 Å². The van der Waals surface area contributed by atoms with Gasteiger partial charge in [-0.2, -0.15) is 0 Å². The molecule has 2 rings (SSSR count). The Bertz CT molecular complexity index is 458. The number of benzene rings is 1. The van der Waals surface area contributed by atoms with Crippen molar-refractivity contribution < 1.29 is 4.79 Å². The highest BCUT2D eigenvalue weighted by Gasteiger charge is 2.20. The van der Waals surface area contributed by atoms with Crippen LogP contribution in [0.15, 0.2) is 24.3 Å². The van der Waals surface area contributed by atoms with Crippen LogP contribution in [0, 0.1) is 5.92 Å². The average molecular weight is 274 g/mol. The van der Waals surface area contributed by atoms with E-state index in [0.717, 1.165) is 11.6 Å². The van der Waals surface area contributed by atoms with Gasteiger partial charge in [-0.05, 0) is 43.4 Å². The summed E-state index contributed by atoms with van der Waals surface area (Å²) in [5.41, 5.74) is 2.11. The van der Waals surface area contributed by atoms with Gasteiger partial charge < -0.3 is 10.6 Å². The first-order valence-corrected chi connectivity index (χ1v) is 7.68. The number of anilines is 1. The van der Waals surface area contributed by atoms with Crippen molar-refractivity contribution in [1.82, 2.24) is 5.32 Å². The van der Waals surface area contributed by atoms with E-state index < -0.39 is 0 Å². The second-order valence-electron chi connectivity index (χ2n) is 6.16. The van der Waals surface area contributed by atoms with Crippen LogP contribution in [-0.4, -0.2) is 11.9 Å². The molecule has 1 aliphatic rings. The molecule has 0 spiro atoms. The first kappa shape index (κ1) is 15.0. The molecule has 1 amide bonds. The van der Waals surface area contributed by atoms with Crippen molar-refractivity contribution in [3.63, 3.8) is 0 Å². The van der Waals surface area contributed by atoms with Crippen molar-refractivity contribution in [2.75, 3.05) is 5.32 Å². The number of nitrogens with one attached hydrogen (secondary N) is 2. The lowest BCUT2D eigenvalue weighted by molar-refractivity contribution is -0.114. The summed E-state index contributed by atoms with van der Waals surface area (Å²) in [6.45, 7) is 6.08. The summed E-state index contributed by atoms with van der Waals surface area (Å²) in [5.74, 6) is 0.808. The topological polar surface area (TPSA) is 41.1 Å². The Labute approximate surface area is 122 Å². The smallest absolute Gasteiger partial charge is 0.221 e. The van der Waals surface area contributed by atoms with Gasteiger partial charge in [0.25, 0.3) is 0 Å². The first-order chi connectivity index (χ1) is 9.54. The van der Waals surface area contributed by atoms with Crippen LogP contribution < -0.4 is 10.6 Å². The Hall–Kier alpha value is -1.35. The highest BCUT2D eigenvalue weighted by molar-refractivity contribution is 5.88. The zero-order chi connectivity index (χ0) is 14.5. The lowest BCUT2D eigenvalue weighted by atomic mass is 9.86. The van der Waals surface area contributed by atoms with Crippen LogP contribution in [0.5, 0.6) is 0 Å². The maximum atomic E-state index is 11.1. The minimum atomic E-state index is -0.0242. The first-order valence-electron chi connectivity index (χ1n) is 7.68. The third-order valence-corrected chi connectivity index (χ3v) is 4.13. The normalized spacial score (nSPS) is 24.1. The van der Waals surface area contributed by atoms with Gasteiger partial charge in [0.2, 0.25) is 5.91 Å². The van der Waals surface area contributed by atoms with Gasteiger partial charge in [0.1, 0.15) is 0 Å². The van der Waals surface area contributed by atoms with Crippen LogP contribution in [0.2, 0.25) is 0 Å². The van der Waals surface area contributed by atoms with Crippen molar-refractivity contribution in [1.29, 1.82) is 0 Å². The van der Waals surface area contributed by atoms with Gasteiger partial charge in [0, 0.05) is 24.7 Å². The van der Waals surface area contributed by atoms with Gasteiger partial charge >= 0.3 is 0 Å². The SMILES string of the molecule is CC(=O)Nc1cccc(C(C)NC2CCCC(C)C2)c1. The standard InChI is InChI=1S/C17H26N2O/c1-12-6-4-8-16(10-12)18-13(2)15-7-5-9-17(11-15)19-14(3)20/h5,7,9,11-13,16,18H,4,6,8,10H2,1-3H3,(H,19,20). The van der Waals surface area contributed by atoms with Crippen LogP contribution in [0.4, 0.5) is 5.69 Å². The molecular weight excluding hydrogens is 248 g/mol. The molecule has 3 nitrogen and oxygen atoms in total. The van der Waals surface area contributed by atoms with Crippen molar-refractivity contribution in [3.05, 3.63) is 29.8 Å².